The van der Waals surface area contributed by atoms with Gasteiger partial charge in [-0.25, -0.2) is 4.79 Å². The van der Waals surface area contributed by atoms with Gasteiger partial charge in [0.25, 0.3) is 0 Å². The summed E-state index contributed by atoms with van der Waals surface area (Å²) in [4.78, 5) is 25.5. The third-order valence-corrected chi connectivity index (χ3v) is 3.47. The lowest BCUT2D eigenvalue weighted by atomic mass is 10.0. The van der Waals surface area contributed by atoms with Crippen molar-refractivity contribution in [2.24, 2.45) is 17.8 Å². The van der Waals surface area contributed by atoms with Gasteiger partial charge >= 0.3 is 5.97 Å². The van der Waals surface area contributed by atoms with Crippen LogP contribution in [0, 0.1) is 17.8 Å². The zero-order valence-electron chi connectivity index (χ0n) is 15.8. The summed E-state index contributed by atoms with van der Waals surface area (Å²) in [6, 6.07) is -0.773. The van der Waals surface area contributed by atoms with Gasteiger partial charge in [-0.2, -0.15) is 0 Å². The van der Waals surface area contributed by atoms with Crippen LogP contribution in [-0.2, 0) is 9.59 Å². The van der Waals surface area contributed by atoms with E-state index in [2.05, 4.69) is 37.9 Å². The van der Waals surface area contributed by atoms with Crippen molar-refractivity contribution in [1.82, 2.24) is 10.2 Å². The molecule has 1 unspecified atom stereocenters. The number of hydrogen-bond acceptors (Lipinski definition) is 3. The van der Waals surface area contributed by atoms with Gasteiger partial charge in [-0.15, -0.1) is 0 Å². The normalized spacial score (nSPS) is 13.1. The van der Waals surface area contributed by atoms with Gasteiger partial charge in [0.1, 0.15) is 6.04 Å². The van der Waals surface area contributed by atoms with Crippen LogP contribution in [0.3, 0.4) is 0 Å². The van der Waals surface area contributed by atoms with Crippen LogP contribution in [-0.4, -0.2) is 47.6 Å². The molecule has 0 heterocycles. The topological polar surface area (TPSA) is 69.6 Å². The molecule has 0 fully saturated rings. The van der Waals surface area contributed by atoms with Gasteiger partial charge in [0.15, 0.2) is 0 Å². The average Bonchev–Trinajstić information content (AvgIpc) is 2.35. The van der Waals surface area contributed by atoms with Crippen molar-refractivity contribution in [2.75, 3.05) is 19.6 Å². The molecular weight excluding hydrogens is 292 g/mol. The molecule has 0 saturated carbocycles. The van der Waals surface area contributed by atoms with Crippen molar-refractivity contribution in [3.05, 3.63) is 0 Å². The summed E-state index contributed by atoms with van der Waals surface area (Å²) < 4.78 is 0. The maximum Gasteiger partial charge on any atom is 0.326 e. The largest absolute Gasteiger partial charge is 0.480 e. The molecule has 5 heteroatoms. The zero-order valence-corrected chi connectivity index (χ0v) is 15.8. The van der Waals surface area contributed by atoms with Crippen LogP contribution >= 0.6 is 0 Å². The van der Waals surface area contributed by atoms with Gasteiger partial charge in [-0.3, -0.25) is 4.79 Å². The smallest absolute Gasteiger partial charge is 0.326 e. The van der Waals surface area contributed by atoms with Crippen LogP contribution in [0.2, 0.25) is 0 Å². The molecule has 5 nitrogen and oxygen atoms in total. The van der Waals surface area contributed by atoms with Gasteiger partial charge in [0.05, 0.1) is 0 Å². The van der Waals surface area contributed by atoms with Crippen molar-refractivity contribution in [3.63, 3.8) is 0 Å². The van der Waals surface area contributed by atoms with Crippen molar-refractivity contribution < 1.29 is 14.7 Å². The molecule has 0 spiro atoms. The van der Waals surface area contributed by atoms with E-state index in [-0.39, 0.29) is 11.8 Å². The molecule has 0 aliphatic heterocycles. The zero-order chi connectivity index (χ0) is 18.0. The van der Waals surface area contributed by atoms with Crippen molar-refractivity contribution in [1.29, 1.82) is 0 Å². The number of carboxylic acid groups (broad SMARTS) is 1. The van der Waals surface area contributed by atoms with E-state index in [0.717, 1.165) is 26.1 Å². The fraction of sp³-hybridized carbons (Fsp3) is 0.889. The Kier molecular flexibility index (Phi) is 10.9. The van der Waals surface area contributed by atoms with E-state index >= 15 is 0 Å². The second-order valence-corrected chi connectivity index (χ2v) is 7.74. The van der Waals surface area contributed by atoms with E-state index in [1.54, 1.807) is 0 Å². The van der Waals surface area contributed by atoms with Crippen LogP contribution in [0.1, 0.15) is 60.8 Å². The Morgan fingerprint density at radius 1 is 0.957 bits per heavy atom. The lowest BCUT2D eigenvalue weighted by Gasteiger charge is -2.26. The minimum absolute atomic E-state index is 0.160. The van der Waals surface area contributed by atoms with Crippen LogP contribution in [0.5, 0.6) is 0 Å². The molecule has 0 aliphatic rings. The number of amides is 1. The highest BCUT2D eigenvalue weighted by molar-refractivity contribution is 5.83. The highest BCUT2D eigenvalue weighted by Gasteiger charge is 2.21. The van der Waals surface area contributed by atoms with Gasteiger partial charge in [0.2, 0.25) is 5.91 Å². The third-order valence-electron chi connectivity index (χ3n) is 3.47. The van der Waals surface area contributed by atoms with E-state index in [0.29, 0.717) is 24.7 Å². The van der Waals surface area contributed by atoms with Crippen molar-refractivity contribution in [3.8, 4) is 0 Å². The molecule has 0 aromatic carbocycles. The number of rotatable bonds is 12. The maximum absolute atomic E-state index is 12.0. The molecule has 136 valence electrons. The van der Waals surface area contributed by atoms with E-state index in [9.17, 15) is 9.59 Å². The Morgan fingerprint density at radius 3 is 1.87 bits per heavy atom. The Hall–Kier alpha value is -1.10. The highest BCUT2D eigenvalue weighted by Crippen LogP contribution is 2.07. The Bertz CT molecular complexity index is 344. The first-order valence-corrected chi connectivity index (χ1v) is 8.86. The predicted molar refractivity (Wildman–Crippen MR) is 94.4 cm³/mol. The number of carbonyl (C=O) groups is 2. The molecular formula is C18H36N2O3. The summed E-state index contributed by atoms with van der Waals surface area (Å²) in [7, 11) is 0. The second-order valence-electron chi connectivity index (χ2n) is 7.74. The summed E-state index contributed by atoms with van der Waals surface area (Å²) in [6.45, 7) is 15.6. The van der Waals surface area contributed by atoms with Crippen molar-refractivity contribution >= 4 is 11.9 Å². The Balaban J connectivity index is 4.26. The molecule has 0 aromatic rings. The van der Waals surface area contributed by atoms with Crippen LogP contribution in [0.15, 0.2) is 0 Å². The Labute approximate surface area is 141 Å². The predicted octanol–water partition coefficient (Wildman–Crippen LogP) is 3.00. The fourth-order valence-electron chi connectivity index (χ4n) is 2.71. The minimum Gasteiger partial charge on any atom is -0.480 e. The molecule has 0 aliphatic carbocycles. The first-order valence-electron chi connectivity index (χ1n) is 8.86. The van der Waals surface area contributed by atoms with Crippen LogP contribution in [0.25, 0.3) is 0 Å². The average molecular weight is 328 g/mol. The minimum atomic E-state index is -0.951. The van der Waals surface area contributed by atoms with Gasteiger partial charge < -0.3 is 15.3 Å². The second kappa shape index (κ2) is 11.4. The molecule has 0 aromatic heterocycles. The summed E-state index contributed by atoms with van der Waals surface area (Å²) in [5.74, 6) is 0.333. The first kappa shape index (κ1) is 21.9. The van der Waals surface area contributed by atoms with Gasteiger partial charge in [0, 0.05) is 19.5 Å². The number of nitrogens with zero attached hydrogens (tertiary/aromatic N) is 1. The monoisotopic (exact) mass is 328 g/mol. The number of nitrogens with one attached hydrogen (secondary N) is 1. The van der Waals surface area contributed by atoms with E-state index in [4.69, 9.17) is 5.11 Å². The van der Waals surface area contributed by atoms with Crippen LogP contribution < -0.4 is 5.32 Å². The van der Waals surface area contributed by atoms with E-state index in [1.807, 2.05) is 13.8 Å². The summed E-state index contributed by atoms with van der Waals surface area (Å²) >= 11 is 0. The molecule has 0 saturated heterocycles. The Morgan fingerprint density at radius 2 is 1.48 bits per heavy atom. The molecule has 1 atom stereocenters. The lowest BCUT2D eigenvalue weighted by molar-refractivity contribution is -0.142. The maximum atomic E-state index is 12.0. The van der Waals surface area contributed by atoms with Crippen molar-refractivity contribution in [2.45, 2.75) is 66.8 Å². The van der Waals surface area contributed by atoms with Gasteiger partial charge in [-0.1, -0.05) is 41.5 Å². The highest BCUT2D eigenvalue weighted by atomic mass is 16.4. The number of carbonyl (C=O) groups excluding carboxylic acids is 1. The van der Waals surface area contributed by atoms with Gasteiger partial charge in [-0.05, 0) is 37.1 Å². The lowest BCUT2D eigenvalue weighted by Crippen LogP contribution is -2.42. The number of aliphatic carboxylic acids is 1. The molecule has 1 amide bonds. The number of hydrogen-bond donors (Lipinski definition) is 2. The van der Waals surface area contributed by atoms with E-state index in [1.165, 1.54) is 0 Å². The molecule has 0 rings (SSSR count). The molecule has 23 heavy (non-hydrogen) atoms. The quantitative estimate of drug-likeness (QED) is 0.578. The molecule has 2 N–H and O–H groups in total. The van der Waals surface area contributed by atoms with E-state index < -0.39 is 12.0 Å². The summed E-state index contributed by atoms with van der Waals surface area (Å²) in [5, 5.41) is 11.8. The molecule has 0 radical (unpaired) electrons. The SMILES string of the molecule is CC(C)CC(NC(=O)CCCN(CC(C)C)CC(C)C)C(=O)O. The third kappa shape index (κ3) is 12.0. The summed E-state index contributed by atoms with van der Waals surface area (Å²) in [6.07, 6.45) is 1.61. The number of carboxylic acids is 1. The summed E-state index contributed by atoms with van der Waals surface area (Å²) in [5.41, 5.74) is 0. The molecule has 0 bridgehead atoms. The first-order chi connectivity index (χ1) is 10.6. The van der Waals surface area contributed by atoms with Crippen LogP contribution in [0.4, 0.5) is 0 Å². The fourth-order valence-corrected chi connectivity index (χ4v) is 2.71. The standard InChI is InChI=1S/C18H36N2O3/c1-13(2)10-16(18(22)23)19-17(21)8-7-9-20(11-14(3)4)12-15(5)6/h13-16H,7-12H2,1-6H3,(H,19,21)(H,22,23).